The van der Waals surface area contributed by atoms with E-state index in [1.165, 1.54) is 23.5 Å². The second kappa shape index (κ2) is 9.85. The first-order valence-electron chi connectivity index (χ1n) is 9.77. The standard InChI is InChI=1S/C22H18Cl2FN3O3S/c23-14-1-4-16(5-2-14)31-12-20-26-19(13-32-20)22(30)28-9-7-27(8-10-28)21(29)17-6-3-15(25)11-18(17)24/h1-6,11,13H,7-10,12H2. The highest BCUT2D eigenvalue weighted by Gasteiger charge is 2.27. The number of nitrogens with zero attached hydrogens (tertiary/aromatic N) is 3. The largest absolute Gasteiger partial charge is 0.486 e. The summed E-state index contributed by atoms with van der Waals surface area (Å²) in [5.74, 6) is -0.300. The zero-order valence-electron chi connectivity index (χ0n) is 16.8. The molecule has 1 aromatic heterocycles. The van der Waals surface area contributed by atoms with Gasteiger partial charge < -0.3 is 14.5 Å². The molecular formula is C22H18Cl2FN3O3S. The number of rotatable bonds is 5. The van der Waals surface area contributed by atoms with Gasteiger partial charge in [-0.1, -0.05) is 23.2 Å². The van der Waals surface area contributed by atoms with Crippen LogP contribution in [0.15, 0.2) is 47.8 Å². The summed E-state index contributed by atoms with van der Waals surface area (Å²) in [7, 11) is 0. The Morgan fingerprint density at radius 1 is 1.00 bits per heavy atom. The second-order valence-electron chi connectivity index (χ2n) is 7.08. The summed E-state index contributed by atoms with van der Waals surface area (Å²) in [6.07, 6.45) is 0. The maximum absolute atomic E-state index is 13.2. The third-order valence-electron chi connectivity index (χ3n) is 4.96. The molecule has 166 valence electrons. The fraction of sp³-hybridized carbons (Fsp3) is 0.227. The van der Waals surface area contributed by atoms with E-state index in [0.717, 1.165) is 6.07 Å². The number of carbonyl (C=O) groups excluding carboxylic acids is 2. The van der Waals surface area contributed by atoms with Crippen molar-refractivity contribution in [1.29, 1.82) is 0 Å². The fourth-order valence-corrected chi connectivity index (χ4v) is 4.31. The number of piperazine rings is 1. The number of benzene rings is 2. The molecule has 0 saturated carbocycles. The highest BCUT2D eigenvalue weighted by Crippen LogP contribution is 2.21. The van der Waals surface area contributed by atoms with Crippen LogP contribution in [-0.4, -0.2) is 52.8 Å². The number of ether oxygens (including phenoxy) is 1. The van der Waals surface area contributed by atoms with Gasteiger partial charge in [0, 0.05) is 36.6 Å². The van der Waals surface area contributed by atoms with Crippen molar-refractivity contribution in [2.75, 3.05) is 26.2 Å². The van der Waals surface area contributed by atoms with Crippen LogP contribution in [0.4, 0.5) is 4.39 Å². The van der Waals surface area contributed by atoms with E-state index in [1.54, 1.807) is 39.4 Å². The summed E-state index contributed by atoms with van der Waals surface area (Å²) < 4.78 is 18.9. The Morgan fingerprint density at radius 3 is 2.31 bits per heavy atom. The molecule has 0 bridgehead atoms. The lowest BCUT2D eigenvalue weighted by Crippen LogP contribution is -2.50. The molecule has 10 heteroatoms. The fourth-order valence-electron chi connectivity index (χ4n) is 3.26. The number of thiazole rings is 1. The molecule has 6 nitrogen and oxygen atoms in total. The molecule has 2 aromatic carbocycles. The van der Waals surface area contributed by atoms with Crippen LogP contribution in [0.1, 0.15) is 25.9 Å². The van der Waals surface area contributed by atoms with Crippen molar-refractivity contribution < 1.29 is 18.7 Å². The molecule has 0 spiro atoms. The summed E-state index contributed by atoms with van der Waals surface area (Å²) in [5, 5.41) is 3.09. The molecule has 1 saturated heterocycles. The molecule has 0 unspecified atom stereocenters. The maximum Gasteiger partial charge on any atom is 0.273 e. The average Bonchev–Trinajstić information content (AvgIpc) is 3.27. The van der Waals surface area contributed by atoms with Crippen LogP contribution >= 0.6 is 34.5 Å². The van der Waals surface area contributed by atoms with Crippen LogP contribution in [0, 0.1) is 5.82 Å². The Morgan fingerprint density at radius 2 is 1.66 bits per heavy atom. The monoisotopic (exact) mass is 493 g/mol. The van der Waals surface area contributed by atoms with E-state index in [4.69, 9.17) is 27.9 Å². The Bertz CT molecular complexity index is 1130. The van der Waals surface area contributed by atoms with Gasteiger partial charge >= 0.3 is 0 Å². The van der Waals surface area contributed by atoms with E-state index in [2.05, 4.69) is 4.98 Å². The molecule has 1 aliphatic rings. The summed E-state index contributed by atoms with van der Waals surface area (Å²) >= 11 is 13.2. The van der Waals surface area contributed by atoms with E-state index in [9.17, 15) is 14.0 Å². The molecule has 4 rings (SSSR count). The number of aromatic nitrogens is 1. The quantitative estimate of drug-likeness (QED) is 0.513. The molecule has 1 aliphatic heterocycles. The van der Waals surface area contributed by atoms with Crippen molar-refractivity contribution in [3.8, 4) is 5.75 Å². The first-order valence-corrected chi connectivity index (χ1v) is 11.4. The lowest BCUT2D eigenvalue weighted by Gasteiger charge is -2.34. The lowest BCUT2D eigenvalue weighted by atomic mass is 10.1. The molecule has 0 radical (unpaired) electrons. The molecule has 32 heavy (non-hydrogen) atoms. The van der Waals surface area contributed by atoms with Gasteiger partial charge in [-0.25, -0.2) is 9.37 Å². The van der Waals surface area contributed by atoms with E-state index in [-0.39, 0.29) is 29.0 Å². The molecule has 3 aromatic rings. The Kier molecular flexibility index (Phi) is 6.93. The predicted molar refractivity (Wildman–Crippen MR) is 121 cm³/mol. The minimum Gasteiger partial charge on any atom is -0.486 e. The van der Waals surface area contributed by atoms with Crippen LogP contribution in [0.5, 0.6) is 5.75 Å². The summed E-state index contributed by atoms with van der Waals surface area (Å²) in [4.78, 5) is 33.1. The van der Waals surface area contributed by atoms with E-state index >= 15 is 0 Å². The number of hydrogen-bond acceptors (Lipinski definition) is 5. The van der Waals surface area contributed by atoms with Crippen molar-refractivity contribution in [1.82, 2.24) is 14.8 Å². The summed E-state index contributed by atoms with van der Waals surface area (Å²) in [5.41, 5.74) is 0.601. The minimum atomic E-state index is -0.497. The molecule has 0 N–H and O–H groups in total. The van der Waals surface area contributed by atoms with Crippen molar-refractivity contribution in [2.24, 2.45) is 0 Å². The Hall–Kier alpha value is -2.68. The smallest absolute Gasteiger partial charge is 0.273 e. The summed E-state index contributed by atoms with van der Waals surface area (Å²) in [6, 6.07) is 10.7. The zero-order valence-corrected chi connectivity index (χ0v) is 19.1. The van der Waals surface area contributed by atoms with Gasteiger partial charge in [-0.15, -0.1) is 11.3 Å². The predicted octanol–water partition coefficient (Wildman–Crippen LogP) is 4.77. The van der Waals surface area contributed by atoms with Crippen LogP contribution in [0.2, 0.25) is 10.0 Å². The normalized spacial score (nSPS) is 13.8. The topological polar surface area (TPSA) is 62.7 Å². The van der Waals surface area contributed by atoms with Gasteiger partial charge in [0.05, 0.1) is 10.6 Å². The molecular weight excluding hydrogens is 476 g/mol. The Balaban J connectivity index is 1.31. The van der Waals surface area contributed by atoms with Crippen molar-refractivity contribution in [3.05, 3.63) is 80.0 Å². The number of amides is 2. The number of carbonyl (C=O) groups is 2. The van der Waals surface area contributed by atoms with Gasteiger partial charge in [0.1, 0.15) is 28.9 Å². The number of halogens is 3. The van der Waals surface area contributed by atoms with E-state index < -0.39 is 5.82 Å². The van der Waals surface area contributed by atoms with Crippen molar-refractivity contribution in [3.63, 3.8) is 0 Å². The van der Waals surface area contributed by atoms with Gasteiger partial charge in [0.25, 0.3) is 11.8 Å². The van der Waals surface area contributed by atoms with Crippen LogP contribution in [-0.2, 0) is 6.61 Å². The van der Waals surface area contributed by atoms with Gasteiger partial charge in [-0.05, 0) is 42.5 Å². The van der Waals surface area contributed by atoms with Crippen molar-refractivity contribution in [2.45, 2.75) is 6.61 Å². The molecule has 0 aliphatic carbocycles. The third kappa shape index (κ3) is 5.20. The van der Waals surface area contributed by atoms with Crippen molar-refractivity contribution >= 4 is 46.4 Å². The second-order valence-corrected chi connectivity index (χ2v) is 8.86. The average molecular weight is 494 g/mol. The SMILES string of the molecule is O=C(c1csc(COc2ccc(Cl)cc2)n1)N1CCN(C(=O)c2ccc(F)cc2Cl)CC1. The van der Waals surface area contributed by atoms with Crippen LogP contribution < -0.4 is 4.74 Å². The van der Waals surface area contributed by atoms with Crippen LogP contribution in [0.25, 0.3) is 0 Å². The molecule has 2 heterocycles. The maximum atomic E-state index is 13.2. The zero-order chi connectivity index (χ0) is 22.7. The number of hydrogen-bond donors (Lipinski definition) is 0. The minimum absolute atomic E-state index is 0.0735. The first kappa shape index (κ1) is 22.5. The highest BCUT2D eigenvalue weighted by molar-refractivity contribution is 7.09. The van der Waals surface area contributed by atoms with Gasteiger partial charge in [-0.2, -0.15) is 0 Å². The summed E-state index contributed by atoms with van der Waals surface area (Å²) in [6.45, 7) is 1.71. The van der Waals surface area contributed by atoms with Crippen LogP contribution in [0.3, 0.4) is 0 Å². The highest BCUT2D eigenvalue weighted by atomic mass is 35.5. The van der Waals surface area contributed by atoms with Gasteiger partial charge in [0.15, 0.2) is 0 Å². The van der Waals surface area contributed by atoms with E-state index in [0.29, 0.717) is 47.7 Å². The molecule has 0 atom stereocenters. The molecule has 1 fully saturated rings. The van der Waals surface area contributed by atoms with E-state index in [1.807, 2.05) is 0 Å². The Labute approximate surface area is 198 Å². The molecule has 2 amide bonds. The van der Waals surface area contributed by atoms with Gasteiger partial charge in [-0.3, -0.25) is 9.59 Å². The lowest BCUT2D eigenvalue weighted by molar-refractivity contribution is 0.0532. The third-order valence-corrected chi connectivity index (χ3v) is 6.35. The van der Waals surface area contributed by atoms with Gasteiger partial charge in [0.2, 0.25) is 0 Å². The first-order chi connectivity index (χ1) is 15.4.